The monoisotopic (exact) mass is 315 g/mol. The van der Waals surface area contributed by atoms with Gasteiger partial charge in [0.15, 0.2) is 0 Å². The fourth-order valence-electron chi connectivity index (χ4n) is 2.36. The summed E-state index contributed by atoms with van der Waals surface area (Å²) in [5.41, 5.74) is 8.42. The van der Waals surface area contributed by atoms with Gasteiger partial charge in [0, 0.05) is 35.5 Å². The van der Waals surface area contributed by atoms with Crippen LogP contribution in [0.2, 0.25) is 0 Å². The zero-order valence-corrected chi connectivity index (χ0v) is 13.1. The minimum Gasteiger partial charge on any atom is -0.327 e. The van der Waals surface area contributed by atoms with E-state index in [9.17, 15) is 0 Å². The zero-order valence-electron chi connectivity index (χ0n) is 10.6. The smallest absolute Gasteiger partial charge is 0.124 e. The molecule has 3 heterocycles. The molecule has 1 aliphatic rings. The van der Waals surface area contributed by atoms with Crippen molar-refractivity contribution in [1.29, 1.82) is 0 Å². The second-order valence-corrected chi connectivity index (χ2v) is 6.43. The molecule has 1 atom stereocenters. The Hall–Kier alpha value is -0.460. The largest absolute Gasteiger partial charge is 0.327 e. The lowest BCUT2D eigenvalue weighted by Crippen LogP contribution is -2.42. The summed E-state index contributed by atoms with van der Waals surface area (Å²) in [6.45, 7) is 3.10. The number of likely N-dealkylation sites (tertiary alicyclic amines) is 1. The summed E-state index contributed by atoms with van der Waals surface area (Å²) in [6.07, 6.45) is 2.37. The number of hydrogen-bond acceptors (Lipinski definition) is 5. The van der Waals surface area contributed by atoms with E-state index in [1.54, 1.807) is 22.7 Å². The van der Waals surface area contributed by atoms with Gasteiger partial charge in [0.1, 0.15) is 5.01 Å². The van der Waals surface area contributed by atoms with Crippen molar-refractivity contribution in [3.05, 3.63) is 27.9 Å². The number of aromatic nitrogens is 1. The van der Waals surface area contributed by atoms with E-state index in [0.29, 0.717) is 6.04 Å². The van der Waals surface area contributed by atoms with E-state index < -0.39 is 0 Å². The summed E-state index contributed by atoms with van der Waals surface area (Å²) in [5, 5.41) is 7.56. The molecule has 6 heteroatoms. The molecule has 1 aliphatic heterocycles. The second-order valence-electron chi connectivity index (χ2n) is 4.79. The molecule has 0 bridgehead atoms. The highest BCUT2D eigenvalue weighted by Crippen LogP contribution is 2.26. The van der Waals surface area contributed by atoms with Crippen LogP contribution in [0.5, 0.6) is 0 Å². The Morgan fingerprint density at radius 2 is 2.32 bits per heavy atom. The number of thiophene rings is 1. The van der Waals surface area contributed by atoms with Crippen molar-refractivity contribution in [2.75, 3.05) is 13.1 Å². The van der Waals surface area contributed by atoms with Crippen LogP contribution in [-0.4, -0.2) is 29.0 Å². The highest BCUT2D eigenvalue weighted by Gasteiger charge is 2.17. The quantitative estimate of drug-likeness (QED) is 0.945. The maximum Gasteiger partial charge on any atom is 0.124 e. The molecule has 0 unspecified atom stereocenters. The van der Waals surface area contributed by atoms with Gasteiger partial charge in [-0.1, -0.05) is 0 Å². The van der Waals surface area contributed by atoms with Crippen LogP contribution in [0.25, 0.3) is 10.6 Å². The molecule has 0 aliphatic carbocycles. The Morgan fingerprint density at radius 1 is 1.42 bits per heavy atom. The first kappa shape index (κ1) is 14.9. The molecule has 104 valence electrons. The van der Waals surface area contributed by atoms with E-state index in [4.69, 9.17) is 10.7 Å². The van der Waals surface area contributed by atoms with Crippen LogP contribution in [0.1, 0.15) is 18.5 Å². The maximum absolute atomic E-state index is 6.00. The molecule has 0 amide bonds. The van der Waals surface area contributed by atoms with Crippen LogP contribution in [0.4, 0.5) is 0 Å². The van der Waals surface area contributed by atoms with Crippen molar-refractivity contribution < 1.29 is 0 Å². The predicted molar refractivity (Wildman–Crippen MR) is 85.2 cm³/mol. The van der Waals surface area contributed by atoms with Crippen molar-refractivity contribution in [1.82, 2.24) is 9.88 Å². The first-order chi connectivity index (χ1) is 8.81. The van der Waals surface area contributed by atoms with Crippen LogP contribution in [0.15, 0.2) is 22.2 Å². The van der Waals surface area contributed by atoms with Crippen LogP contribution in [0, 0.1) is 0 Å². The summed E-state index contributed by atoms with van der Waals surface area (Å²) >= 11 is 3.45. The molecule has 0 radical (unpaired) electrons. The van der Waals surface area contributed by atoms with E-state index in [2.05, 4.69) is 27.1 Å². The van der Waals surface area contributed by atoms with Gasteiger partial charge in [-0.25, -0.2) is 4.98 Å². The normalized spacial score (nSPS) is 20.2. The van der Waals surface area contributed by atoms with Gasteiger partial charge in [0.2, 0.25) is 0 Å². The Morgan fingerprint density at radius 3 is 3.05 bits per heavy atom. The molecule has 2 aromatic heterocycles. The molecule has 0 spiro atoms. The first-order valence-corrected chi connectivity index (χ1v) is 8.08. The predicted octanol–water partition coefficient (Wildman–Crippen LogP) is 3.22. The van der Waals surface area contributed by atoms with E-state index in [0.717, 1.165) is 31.1 Å². The van der Waals surface area contributed by atoms with Gasteiger partial charge in [-0.15, -0.1) is 23.7 Å². The molecule has 0 saturated carbocycles. The maximum atomic E-state index is 6.00. The lowest BCUT2D eigenvalue weighted by Gasteiger charge is -2.29. The molecule has 2 N–H and O–H groups in total. The number of hydrogen-bond donors (Lipinski definition) is 1. The van der Waals surface area contributed by atoms with E-state index in [-0.39, 0.29) is 12.4 Å². The number of rotatable bonds is 3. The van der Waals surface area contributed by atoms with Crippen LogP contribution in [-0.2, 0) is 6.54 Å². The summed E-state index contributed by atoms with van der Waals surface area (Å²) < 4.78 is 0. The van der Waals surface area contributed by atoms with Gasteiger partial charge in [-0.2, -0.15) is 11.3 Å². The van der Waals surface area contributed by atoms with Gasteiger partial charge < -0.3 is 5.73 Å². The highest BCUT2D eigenvalue weighted by molar-refractivity contribution is 7.14. The SMILES string of the molecule is Cl.N[C@@H]1CCCN(Cc2csc(-c3ccsc3)n2)C1. The van der Waals surface area contributed by atoms with Gasteiger partial charge in [0.05, 0.1) is 5.69 Å². The summed E-state index contributed by atoms with van der Waals surface area (Å²) in [5.74, 6) is 0. The summed E-state index contributed by atoms with van der Waals surface area (Å²) in [7, 11) is 0. The Balaban J connectivity index is 0.00000133. The van der Waals surface area contributed by atoms with Crippen LogP contribution >= 0.6 is 35.1 Å². The number of nitrogens with two attached hydrogens (primary N) is 1. The first-order valence-electron chi connectivity index (χ1n) is 6.26. The zero-order chi connectivity index (χ0) is 12.4. The van der Waals surface area contributed by atoms with Crippen LogP contribution < -0.4 is 5.73 Å². The fourth-order valence-corrected chi connectivity index (χ4v) is 3.89. The Kier molecular flexibility index (Phi) is 5.36. The van der Waals surface area contributed by atoms with Crippen molar-refractivity contribution in [2.45, 2.75) is 25.4 Å². The Bertz CT molecular complexity index is 498. The molecular weight excluding hydrogens is 298 g/mol. The number of thiazole rings is 1. The number of nitrogens with zero attached hydrogens (tertiary/aromatic N) is 2. The fraction of sp³-hybridized carbons (Fsp3) is 0.462. The van der Waals surface area contributed by atoms with Gasteiger partial charge >= 0.3 is 0 Å². The molecular formula is C13H18ClN3S2. The Labute approximate surface area is 127 Å². The van der Waals surface area contributed by atoms with Gasteiger partial charge in [-0.05, 0) is 30.8 Å². The third-order valence-corrected chi connectivity index (χ3v) is 4.87. The van der Waals surface area contributed by atoms with Crippen molar-refractivity contribution in [2.24, 2.45) is 5.73 Å². The van der Waals surface area contributed by atoms with Gasteiger partial charge in [0.25, 0.3) is 0 Å². The number of piperidine rings is 1. The standard InChI is InChI=1S/C13H17N3S2.ClH/c14-11-2-1-4-16(6-11)7-12-9-18-13(15-12)10-3-5-17-8-10;/h3,5,8-9,11H,1-2,4,6-7,14H2;1H/t11-;/m1./s1. The summed E-state index contributed by atoms with van der Waals surface area (Å²) in [6, 6.07) is 2.47. The lowest BCUT2D eigenvalue weighted by molar-refractivity contribution is 0.200. The molecule has 2 aromatic rings. The van der Waals surface area contributed by atoms with E-state index in [1.165, 1.54) is 17.7 Å². The topological polar surface area (TPSA) is 42.1 Å². The lowest BCUT2D eigenvalue weighted by atomic mass is 10.1. The van der Waals surface area contributed by atoms with Crippen molar-refractivity contribution in [3.63, 3.8) is 0 Å². The third-order valence-electron chi connectivity index (χ3n) is 3.25. The minimum absolute atomic E-state index is 0. The van der Waals surface area contributed by atoms with E-state index >= 15 is 0 Å². The second kappa shape index (κ2) is 6.81. The highest BCUT2D eigenvalue weighted by atomic mass is 35.5. The van der Waals surface area contributed by atoms with Gasteiger partial charge in [-0.3, -0.25) is 4.90 Å². The average molecular weight is 316 g/mol. The summed E-state index contributed by atoms with van der Waals surface area (Å²) in [4.78, 5) is 7.13. The van der Waals surface area contributed by atoms with Crippen molar-refractivity contribution in [3.8, 4) is 10.6 Å². The molecule has 1 saturated heterocycles. The molecule has 3 rings (SSSR count). The third kappa shape index (κ3) is 3.77. The average Bonchev–Trinajstić information content (AvgIpc) is 2.98. The van der Waals surface area contributed by atoms with E-state index in [1.807, 2.05) is 0 Å². The van der Waals surface area contributed by atoms with Crippen molar-refractivity contribution >= 4 is 35.1 Å². The molecule has 19 heavy (non-hydrogen) atoms. The van der Waals surface area contributed by atoms with Crippen LogP contribution in [0.3, 0.4) is 0 Å². The molecule has 3 nitrogen and oxygen atoms in total. The minimum atomic E-state index is 0. The molecule has 0 aromatic carbocycles. The molecule has 1 fully saturated rings. The number of halogens is 1.